The van der Waals surface area contributed by atoms with Crippen LogP contribution in [0.3, 0.4) is 0 Å². The Labute approximate surface area is 212 Å². The highest BCUT2D eigenvalue weighted by Gasteiger charge is 2.39. The van der Waals surface area contributed by atoms with Crippen LogP contribution in [0.25, 0.3) is 11.3 Å². The van der Waals surface area contributed by atoms with Gasteiger partial charge >= 0.3 is 0 Å². The zero-order valence-electron chi connectivity index (χ0n) is 20.3. The molecule has 6 rings (SSSR count). The number of likely N-dealkylation sites (tertiary alicyclic amines) is 1. The van der Waals surface area contributed by atoms with Crippen LogP contribution >= 0.6 is 10.6 Å². The number of benzene rings is 2. The quantitative estimate of drug-likeness (QED) is 0.540. The van der Waals surface area contributed by atoms with Crippen molar-refractivity contribution in [3.8, 4) is 11.3 Å². The third-order valence-corrected chi connectivity index (χ3v) is 9.18. The molecule has 9 heteroatoms. The molecule has 1 amide bonds. The molecule has 3 aromatic rings. The van der Waals surface area contributed by atoms with Crippen molar-refractivity contribution in [2.75, 3.05) is 39.4 Å². The molecule has 8 nitrogen and oxygen atoms in total. The van der Waals surface area contributed by atoms with E-state index in [4.69, 9.17) is 9.84 Å². The Bertz CT molecular complexity index is 1260. The average Bonchev–Trinajstić information content (AvgIpc) is 3.28. The molecule has 2 N–H and O–H groups in total. The number of amides is 1. The Morgan fingerprint density at radius 1 is 1.03 bits per heavy atom. The number of hydrogen-bond donors (Lipinski definition) is 2. The molecule has 1 atom stereocenters. The van der Waals surface area contributed by atoms with Gasteiger partial charge in [-0.25, -0.2) is 0 Å². The number of morpholine rings is 1. The maximum Gasteiger partial charge on any atom is 0.274 e. The van der Waals surface area contributed by atoms with Gasteiger partial charge in [-0.15, -0.1) is 0 Å². The molecule has 1 aromatic heterocycles. The molecule has 2 aromatic carbocycles. The van der Waals surface area contributed by atoms with Gasteiger partial charge in [-0.2, -0.15) is 15.7 Å². The number of aromatic nitrogens is 2. The minimum atomic E-state index is -3.07. The highest BCUT2D eigenvalue weighted by atomic mass is 32.3. The first-order chi connectivity index (χ1) is 17.5. The highest BCUT2D eigenvalue weighted by molar-refractivity contribution is 8.23. The van der Waals surface area contributed by atoms with Crippen molar-refractivity contribution in [1.82, 2.24) is 19.6 Å². The zero-order valence-corrected chi connectivity index (χ0v) is 21.1. The number of carbonyl (C=O) groups is 1. The molecule has 2 fully saturated rings. The number of hydrogen-bond acceptors (Lipinski definition) is 6. The summed E-state index contributed by atoms with van der Waals surface area (Å²) in [4.78, 5) is 18.4. The van der Waals surface area contributed by atoms with Crippen LogP contribution in [0.1, 0.15) is 40.5 Å². The van der Waals surface area contributed by atoms with Crippen molar-refractivity contribution in [3.63, 3.8) is 0 Å². The normalized spacial score (nSPS) is 22.5. The fourth-order valence-electron chi connectivity index (χ4n) is 5.69. The fourth-order valence-corrected chi connectivity index (χ4v) is 7.33. The van der Waals surface area contributed by atoms with E-state index in [1.54, 1.807) is 11.0 Å². The number of rotatable bonds is 4. The lowest BCUT2D eigenvalue weighted by molar-refractivity contribution is 0.0297. The van der Waals surface area contributed by atoms with E-state index in [1.165, 1.54) is 5.56 Å². The fraction of sp³-hybridized carbons (Fsp3) is 0.407. The van der Waals surface area contributed by atoms with Crippen LogP contribution in [0.15, 0.2) is 59.5 Å². The number of piperidine rings is 1. The van der Waals surface area contributed by atoms with Gasteiger partial charge in [-0.1, -0.05) is 48.5 Å². The third-order valence-electron chi connectivity index (χ3n) is 7.42. The van der Waals surface area contributed by atoms with Gasteiger partial charge in [0.15, 0.2) is 5.69 Å². The zero-order chi connectivity index (χ0) is 24.7. The predicted molar refractivity (Wildman–Crippen MR) is 139 cm³/mol. The summed E-state index contributed by atoms with van der Waals surface area (Å²) < 4.78 is 29.6. The highest BCUT2D eigenvalue weighted by Crippen LogP contribution is 2.60. The van der Waals surface area contributed by atoms with Gasteiger partial charge in [0, 0.05) is 37.3 Å². The van der Waals surface area contributed by atoms with Gasteiger partial charge in [-0.05, 0) is 31.0 Å². The van der Waals surface area contributed by atoms with Gasteiger partial charge in [-0.3, -0.25) is 23.5 Å². The Kier molecular flexibility index (Phi) is 6.35. The smallest absolute Gasteiger partial charge is 0.274 e. The van der Waals surface area contributed by atoms with E-state index in [-0.39, 0.29) is 17.7 Å². The first kappa shape index (κ1) is 23.7. The van der Waals surface area contributed by atoms with Crippen molar-refractivity contribution >= 4 is 16.5 Å². The second-order valence-electron chi connectivity index (χ2n) is 9.85. The SMILES string of the molecule is O=C(c1nn(C2CCCN(Cc3ccccc3)C2)c2c1CS(O)(O)c1ccccc1-2)N1CCOCC1. The molecule has 2 saturated heterocycles. The van der Waals surface area contributed by atoms with Gasteiger partial charge in [0.25, 0.3) is 5.91 Å². The lowest BCUT2D eigenvalue weighted by Crippen LogP contribution is -2.41. The minimum absolute atomic E-state index is 0.0191. The Hall–Kier alpha value is -2.69. The van der Waals surface area contributed by atoms with E-state index in [2.05, 4.69) is 29.2 Å². The standard InChI is InChI=1S/C27H32N4O4S/c32-27(30-13-15-35-16-14-30)25-23-19-36(33,34)24-11-5-4-10-22(24)26(23)31(28-25)21-9-6-12-29(18-21)17-20-7-2-1-3-8-20/h1-5,7-8,10-11,21,33-34H,6,9,12-19H2. The third kappa shape index (κ3) is 4.35. The Morgan fingerprint density at radius 2 is 1.78 bits per heavy atom. The van der Waals surface area contributed by atoms with Crippen LogP contribution in [0.4, 0.5) is 0 Å². The second-order valence-corrected chi connectivity index (χ2v) is 11.9. The van der Waals surface area contributed by atoms with E-state index in [9.17, 15) is 13.9 Å². The molecule has 1 unspecified atom stereocenters. The summed E-state index contributed by atoms with van der Waals surface area (Å²) in [6.45, 7) is 4.76. The molecule has 36 heavy (non-hydrogen) atoms. The van der Waals surface area contributed by atoms with Crippen molar-refractivity contribution in [3.05, 3.63) is 71.4 Å². The predicted octanol–water partition coefficient (Wildman–Crippen LogP) is 4.48. The molecule has 0 saturated carbocycles. The van der Waals surface area contributed by atoms with E-state index < -0.39 is 10.6 Å². The van der Waals surface area contributed by atoms with Crippen LogP contribution < -0.4 is 0 Å². The summed E-state index contributed by atoms with van der Waals surface area (Å²) in [6.07, 6.45) is 2.00. The van der Waals surface area contributed by atoms with Crippen LogP contribution in [-0.2, 0) is 17.0 Å². The van der Waals surface area contributed by atoms with Gasteiger partial charge in [0.1, 0.15) is 0 Å². The van der Waals surface area contributed by atoms with Gasteiger partial charge in [0.05, 0.1) is 35.6 Å². The summed E-state index contributed by atoms with van der Waals surface area (Å²) in [5.74, 6) is -0.134. The van der Waals surface area contributed by atoms with Crippen molar-refractivity contribution in [1.29, 1.82) is 0 Å². The van der Waals surface area contributed by atoms with Gasteiger partial charge in [0.2, 0.25) is 0 Å². The van der Waals surface area contributed by atoms with Crippen molar-refractivity contribution in [2.24, 2.45) is 0 Å². The number of fused-ring (bicyclic) bond motifs is 3. The van der Waals surface area contributed by atoms with E-state index >= 15 is 0 Å². The molecular weight excluding hydrogens is 476 g/mol. The molecule has 0 radical (unpaired) electrons. The second kappa shape index (κ2) is 9.64. The van der Waals surface area contributed by atoms with E-state index in [1.807, 2.05) is 28.9 Å². The Morgan fingerprint density at radius 3 is 2.58 bits per heavy atom. The maximum atomic E-state index is 13.6. The number of ether oxygens (including phenoxy) is 1. The molecule has 4 heterocycles. The van der Waals surface area contributed by atoms with Crippen molar-refractivity contribution < 1.29 is 18.6 Å². The molecule has 0 spiro atoms. The lowest BCUT2D eigenvalue weighted by atomic mass is 10.0. The topological polar surface area (TPSA) is 91.1 Å². The average molecular weight is 509 g/mol. The largest absolute Gasteiger partial charge is 0.378 e. The van der Waals surface area contributed by atoms with Crippen LogP contribution in [-0.4, -0.2) is 74.0 Å². The first-order valence-corrected chi connectivity index (χ1v) is 14.3. The molecule has 190 valence electrons. The van der Waals surface area contributed by atoms with Gasteiger partial charge < -0.3 is 9.64 Å². The molecule has 3 aliphatic rings. The summed E-state index contributed by atoms with van der Waals surface area (Å²) >= 11 is 0. The molecule has 3 aliphatic heterocycles. The lowest BCUT2D eigenvalue weighted by Gasteiger charge is -2.39. The minimum Gasteiger partial charge on any atom is -0.378 e. The van der Waals surface area contributed by atoms with Crippen LogP contribution in [0, 0.1) is 0 Å². The van der Waals surface area contributed by atoms with Crippen LogP contribution in [0.2, 0.25) is 0 Å². The monoisotopic (exact) mass is 508 g/mol. The molecular formula is C27H32N4O4S. The molecule has 0 aliphatic carbocycles. The first-order valence-electron chi connectivity index (χ1n) is 12.6. The van der Waals surface area contributed by atoms with E-state index in [0.717, 1.165) is 43.7 Å². The summed E-state index contributed by atoms with van der Waals surface area (Å²) in [5, 5.41) is 4.95. The number of nitrogens with zero attached hydrogens (tertiary/aromatic N) is 4. The number of carbonyl (C=O) groups excluding carboxylic acids is 1. The summed E-state index contributed by atoms with van der Waals surface area (Å²) in [5.41, 5.74) is 3.92. The van der Waals surface area contributed by atoms with Crippen LogP contribution in [0.5, 0.6) is 0 Å². The maximum absolute atomic E-state index is 13.6. The summed E-state index contributed by atoms with van der Waals surface area (Å²) in [6, 6.07) is 18.0. The van der Waals surface area contributed by atoms with Crippen molar-refractivity contribution in [2.45, 2.75) is 36.1 Å². The van der Waals surface area contributed by atoms with E-state index in [0.29, 0.717) is 42.5 Å². The Balaban J connectivity index is 1.40. The molecule has 0 bridgehead atoms. The summed E-state index contributed by atoms with van der Waals surface area (Å²) in [7, 11) is -3.07.